The van der Waals surface area contributed by atoms with E-state index in [0.29, 0.717) is 0 Å². The van der Waals surface area contributed by atoms with Crippen LogP contribution in [0, 0.1) is 0 Å². The second kappa shape index (κ2) is 6.38. The summed E-state index contributed by atoms with van der Waals surface area (Å²) in [5.74, 6) is 0. The Morgan fingerprint density at radius 1 is 1.25 bits per heavy atom. The molecule has 1 aliphatic carbocycles. The zero-order valence-corrected chi connectivity index (χ0v) is 16.4. The van der Waals surface area contributed by atoms with Gasteiger partial charge in [0.1, 0.15) is 5.60 Å². The molecule has 0 saturated carbocycles. The van der Waals surface area contributed by atoms with Gasteiger partial charge in [0, 0.05) is 13.1 Å². The summed E-state index contributed by atoms with van der Waals surface area (Å²) in [7, 11) is 1.54. The van der Waals surface area contributed by atoms with Crippen LogP contribution < -0.4 is 0 Å². The van der Waals surface area contributed by atoms with Gasteiger partial charge in [-0.3, -0.25) is 0 Å². The van der Waals surface area contributed by atoms with E-state index in [1.54, 1.807) is 4.90 Å². The van der Waals surface area contributed by atoms with Gasteiger partial charge < -0.3 is 18.9 Å². The van der Waals surface area contributed by atoms with Gasteiger partial charge in [-0.25, -0.2) is 4.79 Å². The first-order valence-corrected chi connectivity index (χ1v) is 8.83. The van der Waals surface area contributed by atoms with Crippen LogP contribution in [0.4, 0.5) is 4.79 Å². The summed E-state index contributed by atoms with van der Waals surface area (Å²) < 4.78 is 17.7. The van der Waals surface area contributed by atoms with E-state index in [4.69, 9.17) is 14.0 Å². The van der Waals surface area contributed by atoms with Crippen LogP contribution in [-0.4, -0.2) is 48.0 Å². The van der Waals surface area contributed by atoms with E-state index in [9.17, 15) is 4.79 Å². The van der Waals surface area contributed by atoms with Crippen LogP contribution in [0.15, 0.2) is 11.5 Å². The van der Waals surface area contributed by atoms with Crippen LogP contribution in [0.5, 0.6) is 0 Å². The van der Waals surface area contributed by atoms with E-state index in [-0.39, 0.29) is 30.5 Å². The van der Waals surface area contributed by atoms with Crippen molar-refractivity contribution in [3.05, 3.63) is 11.5 Å². The first-order chi connectivity index (χ1) is 10.8. The molecule has 0 aromatic heterocycles. The Morgan fingerprint density at radius 2 is 1.79 bits per heavy atom. The Labute approximate surface area is 146 Å². The first-order valence-electron chi connectivity index (χ1n) is 8.83. The fourth-order valence-electron chi connectivity index (χ4n) is 2.88. The topological polar surface area (TPSA) is 48.0 Å². The van der Waals surface area contributed by atoms with Crippen LogP contribution in [0.3, 0.4) is 0 Å². The van der Waals surface area contributed by atoms with Crippen molar-refractivity contribution in [2.75, 3.05) is 7.05 Å². The van der Waals surface area contributed by atoms with Gasteiger partial charge in [-0.05, 0) is 73.2 Å². The minimum absolute atomic E-state index is 0.158. The number of hydrogen-bond donors (Lipinski definition) is 0. The van der Waals surface area contributed by atoms with Crippen molar-refractivity contribution in [1.82, 2.24) is 4.90 Å². The minimum atomic E-state index is -0.469. The molecular formula is C18H32BNO4. The van der Waals surface area contributed by atoms with Crippen LogP contribution in [-0.2, 0) is 14.0 Å². The van der Waals surface area contributed by atoms with Crippen molar-refractivity contribution in [3.63, 3.8) is 0 Å². The van der Waals surface area contributed by atoms with E-state index in [1.165, 1.54) is 5.47 Å². The molecule has 1 fully saturated rings. The third kappa shape index (κ3) is 4.15. The summed E-state index contributed by atoms with van der Waals surface area (Å²) >= 11 is 0. The van der Waals surface area contributed by atoms with Gasteiger partial charge in [-0.15, -0.1) is 0 Å². The Kier molecular flexibility index (Phi) is 5.13. The molecule has 6 heteroatoms. The molecule has 0 radical (unpaired) electrons. The molecule has 1 aliphatic heterocycles. The molecule has 0 unspecified atom stereocenters. The Morgan fingerprint density at radius 3 is 2.21 bits per heavy atom. The highest BCUT2D eigenvalue weighted by Crippen LogP contribution is 2.40. The van der Waals surface area contributed by atoms with Gasteiger partial charge >= 0.3 is 13.2 Å². The number of nitrogens with zero attached hydrogens (tertiary/aromatic N) is 1. The van der Waals surface area contributed by atoms with Gasteiger partial charge in [-0.2, -0.15) is 0 Å². The van der Waals surface area contributed by atoms with Gasteiger partial charge in [0.15, 0.2) is 0 Å². The number of rotatable bonds is 2. The summed E-state index contributed by atoms with van der Waals surface area (Å²) in [6, 6.07) is 0.158. The molecule has 2 aliphatic rings. The number of hydrogen-bond acceptors (Lipinski definition) is 4. The molecule has 136 valence electrons. The third-order valence-electron chi connectivity index (χ3n) is 5.20. The predicted octanol–water partition coefficient (Wildman–Crippen LogP) is 3.96. The fraction of sp³-hybridized carbons (Fsp3) is 0.833. The number of ether oxygens (including phenoxy) is 1. The summed E-state index contributed by atoms with van der Waals surface area (Å²) in [6.07, 6.45) is 4.46. The molecule has 1 heterocycles. The molecule has 5 nitrogen and oxygen atoms in total. The Balaban J connectivity index is 1.96. The van der Waals surface area contributed by atoms with Crippen LogP contribution in [0.1, 0.15) is 67.7 Å². The lowest BCUT2D eigenvalue weighted by Gasteiger charge is -2.32. The highest BCUT2D eigenvalue weighted by Gasteiger charge is 2.52. The van der Waals surface area contributed by atoms with Crippen LogP contribution in [0.25, 0.3) is 0 Å². The number of allylic oxidation sites excluding steroid dienone is 1. The third-order valence-corrected chi connectivity index (χ3v) is 5.20. The summed E-state index contributed by atoms with van der Waals surface area (Å²) in [5.41, 5.74) is 0.0807. The van der Waals surface area contributed by atoms with Crippen molar-refractivity contribution < 1.29 is 18.8 Å². The number of amides is 1. The average Bonchev–Trinajstić information content (AvgIpc) is 2.65. The van der Waals surface area contributed by atoms with Crippen molar-refractivity contribution in [3.8, 4) is 0 Å². The van der Waals surface area contributed by atoms with E-state index in [0.717, 1.165) is 19.3 Å². The summed E-state index contributed by atoms with van der Waals surface area (Å²) in [5, 5.41) is 0. The van der Waals surface area contributed by atoms with Crippen LogP contribution >= 0.6 is 0 Å². The SMILES string of the molecule is CN(C(=O)OC(C)(C)C)[C@H]1CC=C(B2OC(C)(C)C(C)(C)O2)CC1. The molecule has 1 saturated heterocycles. The molecule has 2 rings (SSSR count). The molecule has 24 heavy (non-hydrogen) atoms. The zero-order chi connectivity index (χ0) is 18.3. The Hall–Kier alpha value is -1.01. The highest BCUT2D eigenvalue weighted by molar-refractivity contribution is 6.54. The maximum absolute atomic E-state index is 12.2. The lowest BCUT2D eigenvalue weighted by Crippen LogP contribution is -2.42. The van der Waals surface area contributed by atoms with Crippen molar-refractivity contribution >= 4 is 13.2 Å². The van der Waals surface area contributed by atoms with Gasteiger partial charge in [0.25, 0.3) is 0 Å². The normalized spacial score (nSPS) is 26.1. The molecule has 1 atom stereocenters. The Bertz CT molecular complexity index is 506. The quantitative estimate of drug-likeness (QED) is 0.716. The largest absolute Gasteiger partial charge is 0.490 e. The molecule has 0 aromatic carbocycles. The summed E-state index contributed by atoms with van der Waals surface area (Å²) in [4.78, 5) is 13.9. The van der Waals surface area contributed by atoms with Gasteiger partial charge in [0.05, 0.1) is 11.2 Å². The van der Waals surface area contributed by atoms with E-state index >= 15 is 0 Å². The second-order valence-corrected chi connectivity index (χ2v) is 8.89. The zero-order valence-electron chi connectivity index (χ0n) is 16.4. The highest BCUT2D eigenvalue weighted by atomic mass is 16.7. The average molecular weight is 337 g/mol. The standard InChI is InChI=1S/C18H32BNO4/c1-16(2,3)22-15(21)20(8)14-11-9-13(10-12-14)19-23-17(4,5)18(6,7)24-19/h9,14H,10-12H2,1-8H3/t14-/m0/s1. The molecule has 0 spiro atoms. The first kappa shape index (κ1) is 19.3. The van der Waals surface area contributed by atoms with Gasteiger partial charge in [-0.1, -0.05) is 6.08 Å². The van der Waals surface area contributed by atoms with Gasteiger partial charge in [0.2, 0.25) is 0 Å². The molecule has 0 N–H and O–H groups in total. The molecular weight excluding hydrogens is 305 g/mol. The van der Waals surface area contributed by atoms with E-state index in [2.05, 4.69) is 33.8 Å². The maximum Gasteiger partial charge on any atom is 0.490 e. The monoisotopic (exact) mass is 337 g/mol. The second-order valence-electron chi connectivity index (χ2n) is 8.89. The smallest absolute Gasteiger partial charge is 0.444 e. The molecule has 0 bridgehead atoms. The number of carbonyl (C=O) groups is 1. The number of carbonyl (C=O) groups excluding carboxylic acids is 1. The van der Waals surface area contributed by atoms with Crippen molar-refractivity contribution in [2.45, 2.75) is 90.6 Å². The predicted molar refractivity (Wildman–Crippen MR) is 95.8 cm³/mol. The molecule has 1 amide bonds. The van der Waals surface area contributed by atoms with E-state index < -0.39 is 5.60 Å². The lowest BCUT2D eigenvalue weighted by molar-refractivity contribution is 0.00578. The minimum Gasteiger partial charge on any atom is -0.444 e. The summed E-state index contributed by atoms with van der Waals surface area (Å²) in [6.45, 7) is 13.9. The van der Waals surface area contributed by atoms with Crippen LogP contribution in [0.2, 0.25) is 0 Å². The lowest BCUT2D eigenvalue weighted by atomic mass is 9.71. The molecule has 0 aromatic rings. The fourth-order valence-corrected chi connectivity index (χ4v) is 2.88. The van der Waals surface area contributed by atoms with Crippen molar-refractivity contribution in [1.29, 1.82) is 0 Å². The van der Waals surface area contributed by atoms with Crippen molar-refractivity contribution in [2.24, 2.45) is 0 Å². The van der Waals surface area contributed by atoms with E-state index in [1.807, 2.05) is 27.8 Å². The maximum atomic E-state index is 12.2.